The zero-order valence-electron chi connectivity index (χ0n) is 14.6. The van der Waals surface area contributed by atoms with Crippen LogP contribution in [0.25, 0.3) is 0 Å². The molecule has 0 aliphatic carbocycles. The van der Waals surface area contributed by atoms with Crippen molar-refractivity contribution in [2.24, 2.45) is 0 Å². The molecule has 3 aromatic rings. The number of rotatable bonds is 5. The van der Waals surface area contributed by atoms with E-state index in [2.05, 4.69) is 45.4 Å². The first-order valence-electron chi connectivity index (χ1n) is 9.09. The van der Waals surface area contributed by atoms with Crippen LogP contribution < -0.4 is 0 Å². The van der Waals surface area contributed by atoms with Crippen molar-refractivity contribution >= 4 is 0 Å². The third-order valence-corrected chi connectivity index (χ3v) is 4.90. The molecule has 1 saturated heterocycles. The quantitative estimate of drug-likeness (QED) is 0.692. The molecule has 0 amide bonds. The van der Waals surface area contributed by atoms with Gasteiger partial charge in [0.25, 0.3) is 0 Å². The van der Waals surface area contributed by atoms with Crippen LogP contribution in [0.3, 0.4) is 0 Å². The van der Waals surface area contributed by atoms with Crippen LogP contribution in [-0.2, 0) is 13.0 Å². The average Bonchev–Trinajstić information content (AvgIpc) is 3.09. The highest BCUT2D eigenvalue weighted by molar-refractivity contribution is 5.21. The van der Waals surface area contributed by atoms with E-state index in [4.69, 9.17) is 4.52 Å². The number of aromatic nitrogens is 2. The van der Waals surface area contributed by atoms with Crippen molar-refractivity contribution < 1.29 is 8.91 Å². The summed E-state index contributed by atoms with van der Waals surface area (Å²) in [7, 11) is 0. The highest BCUT2D eigenvalue weighted by Crippen LogP contribution is 2.27. The van der Waals surface area contributed by atoms with Gasteiger partial charge in [-0.2, -0.15) is 4.98 Å². The Morgan fingerprint density at radius 3 is 2.85 bits per heavy atom. The predicted molar refractivity (Wildman–Crippen MR) is 97.2 cm³/mol. The molecular formula is C21H22FN3O. The summed E-state index contributed by atoms with van der Waals surface area (Å²) in [6.07, 6.45) is 2.87. The third-order valence-electron chi connectivity index (χ3n) is 4.90. The molecule has 0 bridgehead atoms. The maximum Gasteiger partial charge on any atom is 0.240 e. The van der Waals surface area contributed by atoms with Crippen LogP contribution in [-0.4, -0.2) is 28.1 Å². The van der Waals surface area contributed by atoms with Crippen molar-refractivity contribution in [2.45, 2.75) is 31.7 Å². The summed E-state index contributed by atoms with van der Waals surface area (Å²) in [5.41, 5.74) is 2.24. The lowest BCUT2D eigenvalue weighted by atomic mass is 9.91. The zero-order valence-corrected chi connectivity index (χ0v) is 14.6. The van der Waals surface area contributed by atoms with Gasteiger partial charge in [0.15, 0.2) is 5.82 Å². The molecule has 0 N–H and O–H groups in total. The van der Waals surface area contributed by atoms with E-state index >= 15 is 0 Å². The van der Waals surface area contributed by atoms with Gasteiger partial charge in [-0.05, 0) is 48.6 Å². The van der Waals surface area contributed by atoms with Crippen molar-refractivity contribution in [1.29, 1.82) is 0 Å². The summed E-state index contributed by atoms with van der Waals surface area (Å²) in [6, 6.07) is 17.2. The summed E-state index contributed by atoms with van der Waals surface area (Å²) in [5, 5.41) is 4.05. The van der Waals surface area contributed by atoms with Crippen molar-refractivity contribution in [1.82, 2.24) is 15.0 Å². The van der Waals surface area contributed by atoms with Gasteiger partial charge in [-0.3, -0.25) is 4.90 Å². The molecular weight excluding hydrogens is 329 g/mol. The van der Waals surface area contributed by atoms with Crippen molar-refractivity contribution in [3.63, 3.8) is 0 Å². The second-order valence-electron chi connectivity index (χ2n) is 6.90. The number of benzene rings is 2. The molecule has 1 aliphatic rings. The number of halogens is 1. The maximum absolute atomic E-state index is 13.3. The van der Waals surface area contributed by atoms with Gasteiger partial charge >= 0.3 is 0 Å². The first-order chi connectivity index (χ1) is 12.8. The summed E-state index contributed by atoms with van der Waals surface area (Å²) in [5.74, 6) is 1.54. The van der Waals surface area contributed by atoms with Crippen LogP contribution in [0.2, 0.25) is 0 Å². The van der Waals surface area contributed by atoms with Gasteiger partial charge in [0, 0.05) is 13.0 Å². The van der Waals surface area contributed by atoms with E-state index in [9.17, 15) is 4.39 Å². The van der Waals surface area contributed by atoms with Crippen LogP contribution in [0, 0.1) is 5.82 Å². The second kappa shape index (κ2) is 7.79. The van der Waals surface area contributed by atoms with Crippen molar-refractivity contribution in [2.75, 3.05) is 13.1 Å². The molecule has 4 nitrogen and oxygen atoms in total. The van der Waals surface area contributed by atoms with Gasteiger partial charge in [0.2, 0.25) is 5.89 Å². The molecule has 0 spiro atoms. The molecule has 2 heterocycles. The molecule has 1 atom stereocenters. The normalized spacial score (nSPS) is 18.1. The van der Waals surface area contributed by atoms with Crippen LogP contribution in [0.15, 0.2) is 59.1 Å². The maximum atomic E-state index is 13.3. The van der Waals surface area contributed by atoms with Crippen LogP contribution in [0.4, 0.5) is 4.39 Å². The Hall–Kier alpha value is -2.53. The molecule has 1 aliphatic heterocycles. The fourth-order valence-electron chi connectivity index (χ4n) is 3.64. The van der Waals surface area contributed by atoms with Gasteiger partial charge in [-0.15, -0.1) is 0 Å². The Balaban J connectivity index is 1.38. The minimum atomic E-state index is -0.244. The number of likely N-dealkylation sites (tertiary alicyclic amines) is 1. The molecule has 2 aromatic carbocycles. The van der Waals surface area contributed by atoms with Crippen LogP contribution in [0.5, 0.6) is 0 Å². The highest BCUT2D eigenvalue weighted by Gasteiger charge is 2.22. The van der Waals surface area contributed by atoms with Gasteiger partial charge < -0.3 is 4.52 Å². The highest BCUT2D eigenvalue weighted by atomic mass is 19.1. The SMILES string of the molecule is Fc1cccc(Cc2noc(CN3CCC[C@H](c4ccccc4)C3)n2)c1. The molecule has 0 radical (unpaired) electrons. The molecule has 0 unspecified atom stereocenters. The number of hydrogen-bond acceptors (Lipinski definition) is 4. The lowest BCUT2D eigenvalue weighted by Crippen LogP contribution is -2.34. The van der Waals surface area contributed by atoms with E-state index in [1.165, 1.54) is 30.5 Å². The molecule has 1 aromatic heterocycles. The van der Waals surface area contributed by atoms with E-state index < -0.39 is 0 Å². The zero-order chi connectivity index (χ0) is 17.8. The van der Waals surface area contributed by atoms with Crippen LogP contribution in [0.1, 0.15) is 41.6 Å². The lowest BCUT2D eigenvalue weighted by molar-refractivity contribution is 0.177. The molecule has 26 heavy (non-hydrogen) atoms. The Morgan fingerprint density at radius 1 is 1.12 bits per heavy atom. The smallest absolute Gasteiger partial charge is 0.240 e. The minimum absolute atomic E-state index is 0.244. The summed E-state index contributed by atoms with van der Waals surface area (Å²) in [6.45, 7) is 2.72. The van der Waals surface area contributed by atoms with Crippen LogP contribution >= 0.6 is 0 Å². The number of piperidine rings is 1. The topological polar surface area (TPSA) is 42.2 Å². The fraction of sp³-hybridized carbons (Fsp3) is 0.333. The van der Waals surface area contributed by atoms with E-state index in [1.807, 2.05) is 6.07 Å². The molecule has 5 heteroatoms. The van der Waals surface area contributed by atoms with E-state index in [-0.39, 0.29) is 5.82 Å². The molecule has 1 fully saturated rings. The first kappa shape index (κ1) is 16.9. The minimum Gasteiger partial charge on any atom is -0.338 e. The lowest BCUT2D eigenvalue weighted by Gasteiger charge is -2.31. The predicted octanol–water partition coefficient (Wildman–Crippen LogP) is 4.18. The number of nitrogens with zero attached hydrogens (tertiary/aromatic N) is 3. The summed E-state index contributed by atoms with van der Waals surface area (Å²) >= 11 is 0. The fourth-order valence-corrected chi connectivity index (χ4v) is 3.64. The van der Waals surface area contributed by atoms with E-state index in [0.29, 0.717) is 30.6 Å². The Morgan fingerprint density at radius 2 is 2.00 bits per heavy atom. The van der Waals surface area contributed by atoms with Gasteiger partial charge in [0.05, 0.1) is 6.54 Å². The molecule has 0 saturated carbocycles. The van der Waals surface area contributed by atoms with E-state index in [0.717, 1.165) is 18.7 Å². The Kier molecular flexibility index (Phi) is 5.07. The third kappa shape index (κ3) is 4.17. The monoisotopic (exact) mass is 351 g/mol. The Bertz CT molecular complexity index is 849. The van der Waals surface area contributed by atoms with E-state index in [1.54, 1.807) is 6.07 Å². The van der Waals surface area contributed by atoms with Gasteiger partial charge in [-0.25, -0.2) is 4.39 Å². The van der Waals surface area contributed by atoms with Gasteiger partial charge in [0.1, 0.15) is 5.82 Å². The van der Waals surface area contributed by atoms with Gasteiger partial charge in [-0.1, -0.05) is 47.6 Å². The standard InChI is InChI=1S/C21H22FN3O/c22-19-10-4-6-16(12-19)13-20-23-21(26-24-20)15-25-11-5-9-18(14-25)17-7-2-1-3-8-17/h1-4,6-8,10,12,18H,5,9,11,13-15H2/t18-/m0/s1. The molecule has 4 rings (SSSR count). The number of hydrogen-bond donors (Lipinski definition) is 0. The second-order valence-corrected chi connectivity index (χ2v) is 6.90. The summed E-state index contributed by atoms with van der Waals surface area (Å²) in [4.78, 5) is 6.86. The average molecular weight is 351 g/mol. The largest absolute Gasteiger partial charge is 0.338 e. The first-order valence-corrected chi connectivity index (χ1v) is 9.09. The molecule has 134 valence electrons. The Labute approximate surface area is 152 Å². The summed E-state index contributed by atoms with van der Waals surface area (Å²) < 4.78 is 18.7. The van der Waals surface area contributed by atoms with Crippen molar-refractivity contribution in [3.8, 4) is 0 Å². The van der Waals surface area contributed by atoms with Crippen molar-refractivity contribution in [3.05, 3.63) is 83.3 Å².